The monoisotopic (exact) mass is 493 g/mol. The number of ether oxygens (including phenoxy) is 1. The van der Waals surface area contributed by atoms with Gasteiger partial charge in [0.1, 0.15) is 16.9 Å². The zero-order valence-electron chi connectivity index (χ0n) is 16.7. The third-order valence-electron chi connectivity index (χ3n) is 4.71. The fourth-order valence-electron chi connectivity index (χ4n) is 3.51. The Bertz CT molecular complexity index is 990. The van der Waals surface area contributed by atoms with Gasteiger partial charge >= 0.3 is 5.97 Å². The smallest absolute Gasteiger partial charge is 0.338 e. The van der Waals surface area contributed by atoms with Crippen molar-refractivity contribution in [2.75, 3.05) is 13.7 Å². The van der Waals surface area contributed by atoms with Crippen molar-refractivity contribution < 1.29 is 18.7 Å². The maximum absolute atomic E-state index is 13.7. The molecular weight excluding hydrogens is 473 g/mol. The Labute approximate surface area is 187 Å². The van der Waals surface area contributed by atoms with Crippen LogP contribution in [0, 0.1) is 5.82 Å². The molecule has 2 aliphatic rings. The van der Waals surface area contributed by atoms with Crippen LogP contribution >= 0.6 is 27.7 Å². The van der Waals surface area contributed by atoms with Gasteiger partial charge in [-0.1, -0.05) is 40.3 Å². The maximum Gasteiger partial charge on any atom is 0.338 e. The van der Waals surface area contributed by atoms with E-state index in [-0.39, 0.29) is 12.5 Å². The molecule has 0 radical (unpaired) electrons. The number of amidine groups is 1. The van der Waals surface area contributed by atoms with Crippen LogP contribution in [0.1, 0.15) is 37.8 Å². The Morgan fingerprint density at radius 2 is 2.27 bits per heavy atom. The van der Waals surface area contributed by atoms with E-state index in [1.54, 1.807) is 25.4 Å². The molecule has 1 fully saturated rings. The van der Waals surface area contributed by atoms with Crippen molar-refractivity contribution in [3.05, 3.63) is 57.3 Å². The Hall–Kier alpha value is -2.26. The molecule has 1 aromatic carbocycles. The normalized spacial score (nSPS) is 19.4. The Morgan fingerprint density at radius 3 is 2.90 bits per heavy atom. The third kappa shape index (κ3) is 4.27. The molecule has 0 N–H and O–H groups in total. The number of carbonyl (C=O) groups is 2. The second kappa shape index (κ2) is 9.70. The molecule has 30 heavy (non-hydrogen) atoms. The van der Waals surface area contributed by atoms with E-state index < -0.39 is 17.8 Å². The Kier molecular flexibility index (Phi) is 7.25. The number of nitrogens with zero attached hydrogens (tertiary/aromatic N) is 3. The fourth-order valence-corrected chi connectivity index (χ4v) is 4.59. The van der Waals surface area contributed by atoms with Crippen LogP contribution < -0.4 is 0 Å². The minimum atomic E-state index is -0.770. The molecule has 2 heterocycles. The second-order valence-electron chi connectivity index (χ2n) is 6.50. The van der Waals surface area contributed by atoms with E-state index >= 15 is 0 Å². The highest BCUT2D eigenvalue weighted by Gasteiger charge is 2.41. The zero-order chi connectivity index (χ0) is 21.8. The first-order chi connectivity index (χ1) is 14.4. The van der Waals surface area contributed by atoms with Crippen LogP contribution in [-0.2, 0) is 14.3 Å². The molecule has 9 heteroatoms. The molecule has 0 saturated carbocycles. The molecule has 0 aliphatic carbocycles. The lowest BCUT2D eigenvalue weighted by Gasteiger charge is -2.37. The highest BCUT2D eigenvalue weighted by atomic mass is 79.9. The van der Waals surface area contributed by atoms with E-state index in [9.17, 15) is 14.0 Å². The molecule has 0 aromatic heterocycles. The summed E-state index contributed by atoms with van der Waals surface area (Å²) in [6.45, 7) is 5.63. The van der Waals surface area contributed by atoms with Gasteiger partial charge in [0.2, 0.25) is 5.91 Å². The van der Waals surface area contributed by atoms with Crippen LogP contribution in [-0.4, -0.2) is 41.3 Å². The first kappa shape index (κ1) is 22.4. The molecular formula is C21H21BrFN3O3S. The van der Waals surface area contributed by atoms with Gasteiger partial charge in [-0.25, -0.2) is 9.18 Å². The first-order valence-electron chi connectivity index (χ1n) is 9.43. The van der Waals surface area contributed by atoms with Crippen molar-refractivity contribution in [1.82, 2.24) is 4.90 Å². The molecule has 1 saturated heterocycles. The molecule has 1 atom stereocenters. The highest BCUT2D eigenvalue weighted by molar-refractivity contribution is 9.10. The average Bonchev–Trinajstić information content (AvgIpc) is 2.71. The van der Waals surface area contributed by atoms with Crippen LogP contribution in [0.5, 0.6) is 0 Å². The van der Waals surface area contributed by atoms with Gasteiger partial charge in [-0.15, -0.1) is 0 Å². The highest BCUT2D eigenvalue weighted by Crippen LogP contribution is 2.42. The van der Waals surface area contributed by atoms with Crippen molar-refractivity contribution in [3.8, 4) is 0 Å². The number of thioether (sulfide) groups is 1. The number of piperidine rings is 1. The minimum absolute atomic E-state index is 0.153. The van der Waals surface area contributed by atoms with E-state index in [0.29, 0.717) is 51.4 Å². The summed E-state index contributed by atoms with van der Waals surface area (Å²) in [5.41, 5.74) is 1.45. The van der Waals surface area contributed by atoms with Gasteiger partial charge in [-0.2, -0.15) is 0 Å². The summed E-state index contributed by atoms with van der Waals surface area (Å²) in [4.78, 5) is 36.3. The van der Waals surface area contributed by atoms with Gasteiger partial charge in [-0.3, -0.25) is 19.7 Å². The van der Waals surface area contributed by atoms with Crippen LogP contribution in [0.2, 0.25) is 0 Å². The predicted octanol–water partition coefficient (Wildman–Crippen LogP) is 4.78. The van der Waals surface area contributed by atoms with Gasteiger partial charge in [0.05, 0.1) is 12.2 Å². The van der Waals surface area contributed by atoms with Crippen molar-refractivity contribution >= 4 is 50.4 Å². The van der Waals surface area contributed by atoms with Crippen LogP contribution in [0.25, 0.3) is 0 Å². The number of fused-ring (bicyclic) bond motifs is 1. The molecule has 2 aliphatic heterocycles. The van der Waals surface area contributed by atoms with Gasteiger partial charge in [0, 0.05) is 23.6 Å². The SMILES string of the molecule is C=CSC(=NC)C1=NC(c2ccc(F)cc2Br)C(C(=O)OCC)=C2CCCC(=O)N12. The standard InChI is InChI=1S/C21H21BrFN3O3S/c1-4-29-21(28)17-15-7-6-8-16(27)26(15)19(20(24-3)30-5-2)25-18(17)13-10-9-12(23)11-14(13)22/h5,9-11,18H,2,4,6-8H2,1,3H3. The molecule has 0 spiro atoms. The molecule has 0 bridgehead atoms. The molecule has 1 unspecified atom stereocenters. The summed E-state index contributed by atoms with van der Waals surface area (Å²) in [6, 6.07) is 3.45. The van der Waals surface area contributed by atoms with E-state index in [0.717, 1.165) is 0 Å². The van der Waals surface area contributed by atoms with E-state index in [4.69, 9.17) is 9.73 Å². The quantitative estimate of drug-likeness (QED) is 0.336. The predicted molar refractivity (Wildman–Crippen MR) is 120 cm³/mol. The van der Waals surface area contributed by atoms with Crippen molar-refractivity contribution in [2.45, 2.75) is 32.2 Å². The topological polar surface area (TPSA) is 71.3 Å². The molecule has 3 rings (SSSR count). The number of esters is 1. The lowest BCUT2D eigenvalue weighted by molar-refractivity contribution is -0.139. The van der Waals surface area contributed by atoms with E-state index in [1.165, 1.54) is 28.8 Å². The summed E-state index contributed by atoms with van der Waals surface area (Å²) in [6.07, 6.45) is 1.48. The van der Waals surface area contributed by atoms with Gasteiger partial charge in [-0.05, 0) is 42.9 Å². The third-order valence-corrected chi connectivity index (χ3v) is 6.15. The molecule has 1 amide bonds. The van der Waals surface area contributed by atoms with Crippen molar-refractivity contribution in [2.24, 2.45) is 9.98 Å². The van der Waals surface area contributed by atoms with Crippen LogP contribution in [0.3, 0.4) is 0 Å². The summed E-state index contributed by atoms with van der Waals surface area (Å²) in [7, 11) is 1.61. The van der Waals surface area contributed by atoms with Gasteiger partial charge in [0.15, 0.2) is 5.84 Å². The molecule has 1 aromatic rings. The number of aliphatic imine (C=N–C) groups is 2. The van der Waals surface area contributed by atoms with Crippen molar-refractivity contribution in [1.29, 1.82) is 0 Å². The first-order valence-corrected chi connectivity index (χ1v) is 11.1. The number of hydrogen-bond donors (Lipinski definition) is 0. The Morgan fingerprint density at radius 1 is 1.50 bits per heavy atom. The molecule has 158 valence electrons. The lowest BCUT2D eigenvalue weighted by atomic mass is 9.91. The zero-order valence-corrected chi connectivity index (χ0v) is 19.1. The lowest BCUT2D eigenvalue weighted by Crippen LogP contribution is -2.46. The number of carbonyl (C=O) groups excluding carboxylic acids is 2. The van der Waals surface area contributed by atoms with Crippen molar-refractivity contribution in [3.63, 3.8) is 0 Å². The number of rotatable bonds is 5. The number of hydrogen-bond acceptors (Lipinski definition) is 6. The Balaban J connectivity index is 2.27. The number of halogens is 2. The summed E-state index contributed by atoms with van der Waals surface area (Å²) in [5, 5.41) is 2.11. The summed E-state index contributed by atoms with van der Waals surface area (Å²) < 4.78 is 19.5. The van der Waals surface area contributed by atoms with Crippen LogP contribution in [0.4, 0.5) is 4.39 Å². The maximum atomic E-state index is 13.7. The number of amides is 1. The summed E-state index contributed by atoms with van der Waals surface area (Å²) in [5.74, 6) is -0.748. The van der Waals surface area contributed by atoms with Gasteiger partial charge in [0.25, 0.3) is 0 Å². The second-order valence-corrected chi connectivity index (χ2v) is 8.31. The molecule has 6 nitrogen and oxygen atoms in total. The number of allylic oxidation sites excluding steroid dienone is 1. The van der Waals surface area contributed by atoms with E-state index in [1.807, 2.05) is 0 Å². The van der Waals surface area contributed by atoms with Gasteiger partial charge < -0.3 is 4.74 Å². The average molecular weight is 494 g/mol. The number of benzene rings is 1. The largest absolute Gasteiger partial charge is 0.463 e. The minimum Gasteiger partial charge on any atom is -0.463 e. The van der Waals surface area contributed by atoms with Crippen LogP contribution in [0.15, 0.2) is 55.9 Å². The fraction of sp³-hybridized carbons (Fsp3) is 0.333. The van der Waals surface area contributed by atoms with E-state index in [2.05, 4.69) is 27.5 Å². The summed E-state index contributed by atoms with van der Waals surface area (Å²) >= 11 is 4.63.